The molecule has 1 fully saturated rings. The van der Waals surface area contributed by atoms with E-state index in [0.717, 1.165) is 18.4 Å². The van der Waals surface area contributed by atoms with E-state index in [1.165, 1.54) is 0 Å². The Morgan fingerprint density at radius 1 is 1.08 bits per heavy atom. The minimum absolute atomic E-state index is 0.000572. The third kappa shape index (κ3) is 4.42. The molecule has 3 rings (SSSR count). The Labute approximate surface area is 149 Å². The molecule has 0 saturated carbocycles. The average molecular weight is 338 g/mol. The van der Waals surface area contributed by atoms with E-state index < -0.39 is 0 Å². The zero-order chi connectivity index (χ0) is 18.1. The fourth-order valence-corrected chi connectivity index (χ4v) is 3.94. The fourth-order valence-electron chi connectivity index (χ4n) is 3.94. The zero-order valence-corrected chi connectivity index (χ0v) is 15.3. The molecule has 1 aromatic heterocycles. The van der Waals surface area contributed by atoms with Gasteiger partial charge in [-0.05, 0) is 58.7 Å². The van der Waals surface area contributed by atoms with Crippen LogP contribution in [0.5, 0.6) is 0 Å². The molecule has 1 amide bonds. The van der Waals surface area contributed by atoms with Crippen LogP contribution in [-0.4, -0.2) is 33.0 Å². The van der Waals surface area contributed by atoms with Crippen LogP contribution in [0.25, 0.3) is 11.4 Å². The first-order valence-electron chi connectivity index (χ1n) is 8.72. The Morgan fingerprint density at radius 2 is 1.72 bits per heavy atom. The Bertz CT molecular complexity index is 739. The summed E-state index contributed by atoms with van der Waals surface area (Å²) in [6, 6.07) is 9.40. The van der Waals surface area contributed by atoms with Gasteiger partial charge in [0.05, 0.1) is 0 Å². The summed E-state index contributed by atoms with van der Waals surface area (Å²) in [5, 5.41) is 6.84. The number of piperidine rings is 1. The first kappa shape index (κ1) is 17.5. The number of nitrogens with one attached hydrogen (secondary N) is 2. The molecule has 0 spiro atoms. The normalized spacial score (nSPS) is 19.4. The van der Waals surface area contributed by atoms with Crippen LogP contribution in [0.3, 0.4) is 0 Å². The fraction of sp³-hybridized carbons (Fsp3) is 0.450. The largest absolute Gasteiger partial charge is 0.349 e. The third-order valence-corrected chi connectivity index (χ3v) is 4.47. The Morgan fingerprint density at radius 3 is 2.36 bits per heavy atom. The van der Waals surface area contributed by atoms with Gasteiger partial charge in [0.2, 0.25) is 0 Å². The highest BCUT2D eigenvalue weighted by atomic mass is 16.1. The maximum Gasteiger partial charge on any atom is 0.251 e. The molecule has 0 atom stereocenters. The first-order valence-corrected chi connectivity index (χ1v) is 8.72. The van der Waals surface area contributed by atoms with Gasteiger partial charge >= 0.3 is 0 Å². The van der Waals surface area contributed by atoms with Gasteiger partial charge in [-0.15, -0.1) is 0 Å². The van der Waals surface area contributed by atoms with Crippen molar-refractivity contribution in [3.05, 3.63) is 48.3 Å². The van der Waals surface area contributed by atoms with E-state index in [1.54, 1.807) is 18.5 Å². The highest BCUT2D eigenvalue weighted by Crippen LogP contribution is 2.28. The topological polar surface area (TPSA) is 66.9 Å². The Hall–Kier alpha value is -2.27. The lowest BCUT2D eigenvalue weighted by atomic mass is 9.79. The summed E-state index contributed by atoms with van der Waals surface area (Å²) in [7, 11) is 0. The number of rotatable bonds is 3. The van der Waals surface area contributed by atoms with Crippen LogP contribution in [-0.2, 0) is 0 Å². The number of hydrogen-bond donors (Lipinski definition) is 2. The number of benzene rings is 1. The van der Waals surface area contributed by atoms with Crippen LogP contribution < -0.4 is 10.6 Å². The van der Waals surface area contributed by atoms with Crippen molar-refractivity contribution in [2.75, 3.05) is 0 Å². The van der Waals surface area contributed by atoms with Crippen LogP contribution in [0.1, 0.15) is 50.9 Å². The lowest BCUT2D eigenvalue weighted by molar-refractivity contribution is 0.0873. The number of carbonyl (C=O) groups is 1. The quantitative estimate of drug-likeness (QED) is 0.902. The van der Waals surface area contributed by atoms with E-state index in [9.17, 15) is 4.79 Å². The van der Waals surface area contributed by atoms with Crippen molar-refractivity contribution in [2.45, 2.75) is 57.7 Å². The van der Waals surface area contributed by atoms with Crippen molar-refractivity contribution < 1.29 is 4.79 Å². The summed E-state index contributed by atoms with van der Waals surface area (Å²) in [6.45, 7) is 8.72. The van der Waals surface area contributed by atoms with Crippen molar-refractivity contribution in [3.63, 3.8) is 0 Å². The zero-order valence-electron chi connectivity index (χ0n) is 15.3. The molecule has 0 radical (unpaired) electrons. The predicted molar refractivity (Wildman–Crippen MR) is 99.2 cm³/mol. The van der Waals surface area contributed by atoms with E-state index >= 15 is 0 Å². The lowest BCUT2D eigenvalue weighted by Crippen LogP contribution is -2.62. The molecular weight excluding hydrogens is 312 g/mol. The van der Waals surface area contributed by atoms with E-state index in [2.05, 4.69) is 48.3 Å². The molecule has 1 aliphatic heterocycles. The molecule has 2 heterocycles. The lowest BCUT2D eigenvalue weighted by Gasteiger charge is -2.46. The highest BCUT2D eigenvalue weighted by Gasteiger charge is 2.38. The molecule has 1 aliphatic rings. The number of nitrogens with zero attached hydrogens (tertiary/aromatic N) is 2. The van der Waals surface area contributed by atoms with E-state index in [0.29, 0.717) is 11.4 Å². The van der Waals surface area contributed by atoms with Crippen LogP contribution in [0.2, 0.25) is 0 Å². The number of carbonyl (C=O) groups excluding carboxylic acids is 1. The Kier molecular flexibility index (Phi) is 4.60. The van der Waals surface area contributed by atoms with Crippen LogP contribution in [0.4, 0.5) is 0 Å². The standard InChI is InChI=1S/C20H26N4O/c1-19(2)12-16(13-20(3,4)24-19)23-18(25)15-8-5-7-14(11-15)17-21-9-6-10-22-17/h5-11,16,24H,12-13H2,1-4H3,(H,23,25). The second-order valence-corrected chi connectivity index (χ2v) is 8.12. The van der Waals surface area contributed by atoms with Crippen molar-refractivity contribution in [2.24, 2.45) is 0 Å². The van der Waals surface area contributed by atoms with Gasteiger partial charge in [-0.1, -0.05) is 12.1 Å². The molecule has 132 valence electrons. The molecule has 2 N–H and O–H groups in total. The molecule has 0 bridgehead atoms. The van der Waals surface area contributed by atoms with Crippen molar-refractivity contribution >= 4 is 5.91 Å². The molecule has 5 heteroatoms. The van der Waals surface area contributed by atoms with Crippen LogP contribution >= 0.6 is 0 Å². The van der Waals surface area contributed by atoms with Gasteiger partial charge in [0.15, 0.2) is 5.82 Å². The third-order valence-electron chi connectivity index (χ3n) is 4.47. The molecule has 0 unspecified atom stereocenters. The maximum atomic E-state index is 12.7. The smallest absolute Gasteiger partial charge is 0.251 e. The molecular formula is C20H26N4O. The van der Waals surface area contributed by atoms with Gasteiger partial charge in [-0.3, -0.25) is 4.79 Å². The first-order chi connectivity index (χ1) is 11.7. The Balaban J connectivity index is 1.76. The van der Waals surface area contributed by atoms with E-state index in [-0.39, 0.29) is 23.0 Å². The van der Waals surface area contributed by atoms with Gasteiger partial charge in [0, 0.05) is 40.6 Å². The number of aromatic nitrogens is 2. The highest BCUT2D eigenvalue weighted by molar-refractivity contribution is 5.95. The summed E-state index contributed by atoms with van der Waals surface area (Å²) in [5.41, 5.74) is 1.48. The summed E-state index contributed by atoms with van der Waals surface area (Å²) in [5.74, 6) is 0.581. The average Bonchev–Trinajstić information content (AvgIpc) is 2.53. The molecule has 25 heavy (non-hydrogen) atoms. The van der Waals surface area contributed by atoms with Crippen LogP contribution in [0.15, 0.2) is 42.7 Å². The molecule has 1 aromatic carbocycles. The van der Waals surface area contributed by atoms with Gasteiger partial charge in [-0.2, -0.15) is 0 Å². The van der Waals surface area contributed by atoms with Gasteiger partial charge in [0.25, 0.3) is 5.91 Å². The summed E-state index contributed by atoms with van der Waals surface area (Å²) in [6.07, 6.45) is 5.22. The summed E-state index contributed by atoms with van der Waals surface area (Å²) < 4.78 is 0. The minimum atomic E-state index is -0.0451. The molecule has 2 aromatic rings. The summed E-state index contributed by atoms with van der Waals surface area (Å²) in [4.78, 5) is 21.3. The number of amides is 1. The minimum Gasteiger partial charge on any atom is -0.349 e. The van der Waals surface area contributed by atoms with Crippen molar-refractivity contribution in [1.82, 2.24) is 20.6 Å². The summed E-state index contributed by atoms with van der Waals surface area (Å²) >= 11 is 0. The molecule has 0 aliphatic carbocycles. The van der Waals surface area contributed by atoms with Crippen LogP contribution in [0, 0.1) is 0 Å². The molecule has 5 nitrogen and oxygen atoms in total. The van der Waals surface area contributed by atoms with E-state index in [1.807, 2.05) is 24.3 Å². The monoisotopic (exact) mass is 338 g/mol. The SMILES string of the molecule is CC1(C)CC(NC(=O)c2cccc(-c3ncccn3)c2)CC(C)(C)N1. The second kappa shape index (κ2) is 6.56. The van der Waals surface area contributed by atoms with Gasteiger partial charge < -0.3 is 10.6 Å². The molecule has 1 saturated heterocycles. The van der Waals surface area contributed by atoms with Crippen molar-refractivity contribution in [1.29, 1.82) is 0 Å². The number of hydrogen-bond acceptors (Lipinski definition) is 4. The van der Waals surface area contributed by atoms with Gasteiger partial charge in [-0.25, -0.2) is 9.97 Å². The second-order valence-electron chi connectivity index (χ2n) is 8.12. The van der Waals surface area contributed by atoms with E-state index in [4.69, 9.17) is 0 Å². The predicted octanol–water partition coefficient (Wildman–Crippen LogP) is 3.18. The maximum absolute atomic E-state index is 12.7. The van der Waals surface area contributed by atoms with Crippen molar-refractivity contribution in [3.8, 4) is 11.4 Å². The van der Waals surface area contributed by atoms with Gasteiger partial charge in [0.1, 0.15) is 0 Å².